The lowest BCUT2D eigenvalue weighted by Gasteiger charge is -2.23. The number of carbonyl (C=O) groups is 1. The maximum absolute atomic E-state index is 11.2. The summed E-state index contributed by atoms with van der Waals surface area (Å²) in [6.07, 6.45) is 0.773. The molecule has 10 heavy (non-hydrogen) atoms. The van der Waals surface area contributed by atoms with Gasteiger partial charge in [0.05, 0.1) is 0 Å². The van der Waals surface area contributed by atoms with Crippen LogP contribution < -0.4 is 0 Å². The molecule has 0 heterocycles. The van der Waals surface area contributed by atoms with Gasteiger partial charge in [0.2, 0.25) is 0 Å². The quantitative estimate of drug-likeness (QED) is 0.504. The molecule has 0 aromatic rings. The fraction of sp³-hybridized carbons (Fsp3) is 0.889. The first-order chi connectivity index (χ1) is 4.45. The maximum Gasteiger partial charge on any atom is 0.136 e. The Bertz CT molecular complexity index is 158. The van der Waals surface area contributed by atoms with Crippen molar-refractivity contribution in [3.8, 4) is 0 Å². The van der Waals surface area contributed by atoms with E-state index in [1.54, 1.807) is 0 Å². The number of Topliss-reactive ketones (excluding diaryl/α,β-unsaturated/α-hetero) is 1. The Morgan fingerprint density at radius 1 is 1.40 bits per heavy atom. The van der Waals surface area contributed by atoms with Crippen molar-refractivity contribution in [3.63, 3.8) is 0 Å². The third kappa shape index (κ3) is 0.979. The standard InChI is InChI=1S/C9H16O/c1-6-7(2)9(3,4)5-8(6)10/h6-7H,5H2,1-4H3. The summed E-state index contributed by atoms with van der Waals surface area (Å²) < 4.78 is 0. The molecular weight excluding hydrogens is 124 g/mol. The minimum Gasteiger partial charge on any atom is -0.299 e. The Morgan fingerprint density at radius 2 is 1.90 bits per heavy atom. The molecule has 1 aliphatic carbocycles. The predicted molar refractivity (Wildman–Crippen MR) is 41.7 cm³/mol. The summed E-state index contributed by atoms with van der Waals surface area (Å²) in [4.78, 5) is 11.2. The van der Waals surface area contributed by atoms with Crippen LogP contribution in [0.5, 0.6) is 0 Å². The van der Waals surface area contributed by atoms with E-state index in [9.17, 15) is 4.79 Å². The molecule has 1 saturated carbocycles. The van der Waals surface area contributed by atoms with Crippen molar-refractivity contribution < 1.29 is 4.79 Å². The zero-order valence-corrected chi connectivity index (χ0v) is 7.27. The predicted octanol–water partition coefficient (Wildman–Crippen LogP) is 2.26. The minimum absolute atomic E-state index is 0.247. The Kier molecular flexibility index (Phi) is 1.61. The molecule has 0 aromatic carbocycles. The zero-order valence-electron chi connectivity index (χ0n) is 7.27. The summed E-state index contributed by atoms with van der Waals surface area (Å²) in [5, 5.41) is 0. The molecular formula is C9H16O. The molecule has 0 radical (unpaired) electrons. The summed E-state index contributed by atoms with van der Waals surface area (Å²) in [5.74, 6) is 1.28. The van der Waals surface area contributed by atoms with Crippen LogP contribution in [-0.2, 0) is 4.79 Å². The Morgan fingerprint density at radius 3 is 2.00 bits per heavy atom. The first-order valence-corrected chi connectivity index (χ1v) is 3.98. The van der Waals surface area contributed by atoms with Gasteiger partial charge in [0.15, 0.2) is 0 Å². The molecule has 0 amide bonds. The van der Waals surface area contributed by atoms with Crippen LogP contribution in [-0.4, -0.2) is 5.78 Å². The fourth-order valence-corrected chi connectivity index (χ4v) is 1.73. The van der Waals surface area contributed by atoms with Crippen molar-refractivity contribution in [2.24, 2.45) is 17.3 Å². The highest BCUT2D eigenvalue weighted by Crippen LogP contribution is 2.43. The molecule has 58 valence electrons. The molecule has 1 fully saturated rings. The first-order valence-electron chi connectivity index (χ1n) is 3.98. The van der Waals surface area contributed by atoms with Crippen LogP contribution in [0.15, 0.2) is 0 Å². The van der Waals surface area contributed by atoms with Crippen molar-refractivity contribution in [2.75, 3.05) is 0 Å². The van der Waals surface area contributed by atoms with Gasteiger partial charge in [-0.15, -0.1) is 0 Å². The van der Waals surface area contributed by atoms with Gasteiger partial charge in [0, 0.05) is 12.3 Å². The third-order valence-corrected chi connectivity index (χ3v) is 3.12. The van der Waals surface area contributed by atoms with Crippen molar-refractivity contribution in [1.29, 1.82) is 0 Å². The van der Waals surface area contributed by atoms with Gasteiger partial charge in [-0.25, -0.2) is 0 Å². The summed E-state index contributed by atoms with van der Waals surface area (Å²) >= 11 is 0. The van der Waals surface area contributed by atoms with Crippen LogP contribution in [0.1, 0.15) is 34.1 Å². The van der Waals surface area contributed by atoms with Gasteiger partial charge in [-0.3, -0.25) is 4.79 Å². The van der Waals surface area contributed by atoms with Crippen LogP contribution in [0.3, 0.4) is 0 Å². The molecule has 1 heteroatoms. The lowest BCUT2D eigenvalue weighted by molar-refractivity contribution is -0.120. The largest absolute Gasteiger partial charge is 0.299 e. The second-order valence-electron chi connectivity index (χ2n) is 4.21. The summed E-state index contributed by atoms with van der Waals surface area (Å²) in [6.45, 7) is 8.58. The molecule has 0 aliphatic heterocycles. The van der Waals surface area contributed by atoms with Crippen LogP contribution in [0.2, 0.25) is 0 Å². The molecule has 0 N–H and O–H groups in total. The smallest absolute Gasteiger partial charge is 0.136 e. The molecule has 2 atom stereocenters. The Balaban J connectivity index is 2.81. The molecule has 1 rings (SSSR count). The van der Waals surface area contributed by atoms with Gasteiger partial charge in [-0.05, 0) is 11.3 Å². The monoisotopic (exact) mass is 140 g/mol. The Hall–Kier alpha value is -0.330. The summed E-state index contributed by atoms with van der Waals surface area (Å²) in [5.41, 5.74) is 0.247. The van der Waals surface area contributed by atoms with Crippen molar-refractivity contribution in [1.82, 2.24) is 0 Å². The fourth-order valence-electron chi connectivity index (χ4n) is 1.73. The van der Waals surface area contributed by atoms with E-state index in [1.165, 1.54) is 0 Å². The van der Waals surface area contributed by atoms with E-state index in [0.29, 0.717) is 11.7 Å². The van der Waals surface area contributed by atoms with E-state index in [1.807, 2.05) is 6.92 Å². The number of carbonyl (C=O) groups excluding carboxylic acids is 1. The molecule has 1 aliphatic rings. The van der Waals surface area contributed by atoms with Crippen LogP contribution in [0.4, 0.5) is 0 Å². The first kappa shape index (κ1) is 7.77. The molecule has 0 saturated heterocycles. The average Bonchev–Trinajstić information content (AvgIpc) is 1.95. The molecule has 0 spiro atoms. The normalized spacial score (nSPS) is 38.6. The third-order valence-electron chi connectivity index (χ3n) is 3.12. The van der Waals surface area contributed by atoms with E-state index in [0.717, 1.165) is 6.42 Å². The average molecular weight is 140 g/mol. The number of ketones is 1. The zero-order chi connectivity index (χ0) is 7.94. The highest BCUT2D eigenvalue weighted by atomic mass is 16.1. The Labute approximate surface area is 62.8 Å². The number of hydrogen-bond donors (Lipinski definition) is 0. The molecule has 0 aromatic heterocycles. The second kappa shape index (κ2) is 2.08. The van der Waals surface area contributed by atoms with Crippen molar-refractivity contribution in [2.45, 2.75) is 34.1 Å². The van der Waals surface area contributed by atoms with Gasteiger partial charge < -0.3 is 0 Å². The summed E-state index contributed by atoms with van der Waals surface area (Å²) in [6, 6.07) is 0. The second-order valence-corrected chi connectivity index (χ2v) is 4.21. The van der Waals surface area contributed by atoms with Crippen LogP contribution in [0.25, 0.3) is 0 Å². The lowest BCUT2D eigenvalue weighted by Crippen LogP contribution is -2.17. The number of rotatable bonds is 0. The van der Waals surface area contributed by atoms with E-state index in [4.69, 9.17) is 0 Å². The van der Waals surface area contributed by atoms with Crippen LogP contribution in [0, 0.1) is 17.3 Å². The van der Waals surface area contributed by atoms with E-state index in [2.05, 4.69) is 20.8 Å². The maximum atomic E-state index is 11.2. The molecule has 1 nitrogen and oxygen atoms in total. The van der Waals surface area contributed by atoms with Gasteiger partial charge >= 0.3 is 0 Å². The highest BCUT2D eigenvalue weighted by Gasteiger charge is 2.41. The lowest BCUT2D eigenvalue weighted by atomic mass is 9.81. The topological polar surface area (TPSA) is 17.1 Å². The van der Waals surface area contributed by atoms with Crippen molar-refractivity contribution >= 4 is 5.78 Å². The van der Waals surface area contributed by atoms with Gasteiger partial charge in [-0.2, -0.15) is 0 Å². The molecule has 0 bridgehead atoms. The molecule has 2 unspecified atom stereocenters. The van der Waals surface area contributed by atoms with Crippen molar-refractivity contribution in [3.05, 3.63) is 0 Å². The van der Waals surface area contributed by atoms with E-state index < -0.39 is 0 Å². The van der Waals surface area contributed by atoms with E-state index in [-0.39, 0.29) is 11.3 Å². The van der Waals surface area contributed by atoms with Gasteiger partial charge in [-0.1, -0.05) is 27.7 Å². The number of hydrogen-bond acceptors (Lipinski definition) is 1. The highest BCUT2D eigenvalue weighted by molar-refractivity contribution is 5.84. The van der Waals surface area contributed by atoms with Gasteiger partial charge in [0.25, 0.3) is 0 Å². The SMILES string of the molecule is CC1C(=O)CC(C)(C)C1C. The van der Waals surface area contributed by atoms with E-state index >= 15 is 0 Å². The van der Waals surface area contributed by atoms with Crippen LogP contribution >= 0.6 is 0 Å². The summed E-state index contributed by atoms with van der Waals surface area (Å²) in [7, 11) is 0. The van der Waals surface area contributed by atoms with Gasteiger partial charge in [0.1, 0.15) is 5.78 Å². The minimum atomic E-state index is 0.247.